The zero-order valence-corrected chi connectivity index (χ0v) is 11.1. The van der Waals surface area contributed by atoms with Gasteiger partial charge in [0, 0.05) is 25.6 Å². The molecule has 0 amide bonds. The Kier molecular flexibility index (Phi) is 5.85. The largest absolute Gasteiger partial charge is 0.389 e. The topological polar surface area (TPSA) is 49.8 Å². The normalized spacial score (nSPS) is 11.4. The Balaban J connectivity index is 2.46. The number of nitrogens with one attached hydrogen (secondary N) is 2. The van der Waals surface area contributed by atoms with Crippen LogP contribution in [0.5, 0.6) is 0 Å². The van der Waals surface area contributed by atoms with Gasteiger partial charge in [-0.05, 0) is 19.8 Å². The van der Waals surface area contributed by atoms with E-state index >= 15 is 0 Å². The molecule has 19 heavy (non-hydrogen) atoms. The highest BCUT2D eigenvalue weighted by atomic mass is 19.4. The Morgan fingerprint density at radius 1 is 1.11 bits per heavy atom. The lowest BCUT2D eigenvalue weighted by Crippen LogP contribution is -2.12. The average Bonchev–Trinajstić information content (AvgIpc) is 2.30. The standard InChI is InChI=1S/C12H19F3N4/c1-3-6-16-10-8-11(19-9(2)18-10)17-7-4-5-12(13,14)15/h8H,3-7H2,1-2H3,(H2,16,17,18,19). The Bertz CT molecular complexity index is 393. The molecule has 1 heterocycles. The summed E-state index contributed by atoms with van der Waals surface area (Å²) in [5.41, 5.74) is 0. The van der Waals surface area contributed by atoms with Crippen LogP contribution in [0.1, 0.15) is 32.0 Å². The highest BCUT2D eigenvalue weighted by molar-refractivity contribution is 5.47. The number of nitrogens with zero attached hydrogens (tertiary/aromatic N) is 2. The van der Waals surface area contributed by atoms with Crippen LogP contribution in [-0.2, 0) is 0 Å². The van der Waals surface area contributed by atoms with E-state index in [2.05, 4.69) is 20.6 Å². The van der Waals surface area contributed by atoms with Gasteiger partial charge in [0.25, 0.3) is 0 Å². The van der Waals surface area contributed by atoms with Crippen molar-refractivity contribution in [1.29, 1.82) is 0 Å². The molecule has 0 spiro atoms. The van der Waals surface area contributed by atoms with E-state index in [-0.39, 0.29) is 13.0 Å². The highest BCUT2D eigenvalue weighted by Gasteiger charge is 2.25. The summed E-state index contributed by atoms with van der Waals surface area (Å²) in [5.74, 6) is 1.82. The smallest absolute Gasteiger partial charge is 0.370 e. The van der Waals surface area contributed by atoms with Crippen LogP contribution in [0, 0.1) is 6.92 Å². The van der Waals surface area contributed by atoms with E-state index in [1.165, 1.54) is 0 Å². The highest BCUT2D eigenvalue weighted by Crippen LogP contribution is 2.21. The molecule has 2 N–H and O–H groups in total. The molecular formula is C12H19F3N4. The molecule has 0 aliphatic carbocycles. The van der Waals surface area contributed by atoms with Gasteiger partial charge < -0.3 is 10.6 Å². The minimum absolute atomic E-state index is 0.0320. The van der Waals surface area contributed by atoms with Crippen molar-refractivity contribution in [1.82, 2.24) is 9.97 Å². The van der Waals surface area contributed by atoms with Crippen molar-refractivity contribution in [2.24, 2.45) is 0 Å². The third-order valence-corrected chi connectivity index (χ3v) is 2.34. The number of rotatable bonds is 7. The minimum Gasteiger partial charge on any atom is -0.370 e. The van der Waals surface area contributed by atoms with E-state index in [0.717, 1.165) is 13.0 Å². The van der Waals surface area contributed by atoms with Gasteiger partial charge >= 0.3 is 6.18 Å². The third-order valence-electron chi connectivity index (χ3n) is 2.34. The predicted molar refractivity (Wildman–Crippen MR) is 69.3 cm³/mol. The Morgan fingerprint density at radius 3 is 2.21 bits per heavy atom. The van der Waals surface area contributed by atoms with E-state index in [0.29, 0.717) is 17.5 Å². The van der Waals surface area contributed by atoms with Crippen molar-refractivity contribution in [3.63, 3.8) is 0 Å². The molecule has 7 heteroatoms. The summed E-state index contributed by atoms with van der Waals surface area (Å²) in [7, 11) is 0. The molecule has 0 aliphatic heterocycles. The predicted octanol–water partition coefficient (Wildman–Crippen LogP) is 3.36. The second-order valence-corrected chi connectivity index (χ2v) is 4.26. The van der Waals surface area contributed by atoms with Gasteiger partial charge in [-0.2, -0.15) is 13.2 Å². The zero-order chi connectivity index (χ0) is 14.3. The van der Waals surface area contributed by atoms with E-state index in [9.17, 15) is 13.2 Å². The van der Waals surface area contributed by atoms with E-state index in [1.54, 1.807) is 13.0 Å². The van der Waals surface area contributed by atoms with Gasteiger partial charge in [0.2, 0.25) is 0 Å². The van der Waals surface area contributed by atoms with Crippen molar-refractivity contribution < 1.29 is 13.2 Å². The number of aromatic nitrogens is 2. The van der Waals surface area contributed by atoms with Crippen molar-refractivity contribution in [2.75, 3.05) is 23.7 Å². The fourth-order valence-corrected chi connectivity index (χ4v) is 1.51. The molecule has 4 nitrogen and oxygen atoms in total. The molecule has 1 aromatic heterocycles. The van der Waals surface area contributed by atoms with Crippen molar-refractivity contribution >= 4 is 11.6 Å². The summed E-state index contributed by atoms with van der Waals surface area (Å²) in [6.07, 6.45) is -3.89. The van der Waals surface area contributed by atoms with Gasteiger partial charge in [0.05, 0.1) is 0 Å². The van der Waals surface area contributed by atoms with Crippen LogP contribution in [0.4, 0.5) is 24.8 Å². The van der Waals surface area contributed by atoms with Gasteiger partial charge in [-0.3, -0.25) is 0 Å². The van der Waals surface area contributed by atoms with Crippen LogP contribution in [0.2, 0.25) is 0 Å². The van der Waals surface area contributed by atoms with Gasteiger partial charge in [0.15, 0.2) is 0 Å². The first-order chi connectivity index (χ1) is 8.90. The maximum Gasteiger partial charge on any atom is 0.389 e. The number of hydrogen-bond donors (Lipinski definition) is 2. The second-order valence-electron chi connectivity index (χ2n) is 4.26. The quantitative estimate of drug-likeness (QED) is 0.750. The van der Waals surface area contributed by atoms with Crippen LogP contribution in [0.25, 0.3) is 0 Å². The Hall–Kier alpha value is -1.53. The molecule has 1 rings (SSSR count). The first kappa shape index (κ1) is 15.5. The lowest BCUT2D eigenvalue weighted by atomic mass is 10.3. The van der Waals surface area contributed by atoms with E-state index in [1.807, 2.05) is 6.92 Å². The van der Waals surface area contributed by atoms with Crippen molar-refractivity contribution in [2.45, 2.75) is 39.3 Å². The minimum atomic E-state index is -4.10. The lowest BCUT2D eigenvalue weighted by Gasteiger charge is -2.10. The molecule has 0 saturated carbocycles. The maximum atomic E-state index is 12.0. The number of anilines is 2. The van der Waals surface area contributed by atoms with Gasteiger partial charge in [-0.25, -0.2) is 9.97 Å². The van der Waals surface area contributed by atoms with Crippen LogP contribution < -0.4 is 10.6 Å². The lowest BCUT2D eigenvalue weighted by molar-refractivity contribution is -0.134. The SMILES string of the molecule is CCCNc1cc(NCCCC(F)(F)F)nc(C)n1. The molecule has 0 bridgehead atoms. The summed E-state index contributed by atoms with van der Waals surface area (Å²) in [6, 6.07) is 1.70. The fourth-order valence-electron chi connectivity index (χ4n) is 1.51. The van der Waals surface area contributed by atoms with Crippen LogP contribution in [-0.4, -0.2) is 29.2 Å². The Morgan fingerprint density at radius 2 is 1.68 bits per heavy atom. The molecule has 0 fully saturated rings. The van der Waals surface area contributed by atoms with Crippen molar-refractivity contribution in [3.8, 4) is 0 Å². The number of hydrogen-bond acceptors (Lipinski definition) is 4. The molecule has 0 atom stereocenters. The second kappa shape index (κ2) is 7.16. The fraction of sp³-hybridized carbons (Fsp3) is 0.667. The molecule has 108 valence electrons. The van der Waals surface area contributed by atoms with Crippen LogP contribution in [0.15, 0.2) is 6.07 Å². The average molecular weight is 276 g/mol. The molecule has 0 aliphatic rings. The monoisotopic (exact) mass is 276 g/mol. The number of alkyl halides is 3. The summed E-state index contributed by atoms with van der Waals surface area (Å²) >= 11 is 0. The van der Waals surface area contributed by atoms with E-state index < -0.39 is 12.6 Å². The summed E-state index contributed by atoms with van der Waals surface area (Å²) in [6.45, 7) is 4.82. The summed E-state index contributed by atoms with van der Waals surface area (Å²) < 4.78 is 36.0. The summed E-state index contributed by atoms with van der Waals surface area (Å²) in [5, 5.41) is 6.00. The maximum absolute atomic E-state index is 12.0. The first-order valence-corrected chi connectivity index (χ1v) is 6.31. The third kappa shape index (κ3) is 6.83. The van der Waals surface area contributed by atoms with Crippen LogP contribution >= 0.6 is 0 Å². The molecule has 0 radical (unpaired) electrons. The number of halogens is 3. The Labute approximate surface area is 110 Å². The molecule has 0 saturated heterocycles. The molecular weight excluding hydrogens is 257 g/mol. The van der Waals surface area contributed by atoms with Gasteiger partial charge in [-0.1, -0.05) is 6.92 Å². The first-order valence-electron chi connectivity index (χ1n) is 6.31. The van der Waals surface area contributed by atoms with Gasteiger partial charge in [-0.15, -0.1) is 0 Å². The van der Waals surface area contributed by atoms with E-state index in [4.69, 9.17) is 0 Å². The van der Waals surface area contributed by atoms with Crippen molar-refractivity contribution in [3.05, 3.63) is 11.9 Å². The van der Waals surface area contributed by atoms with Gasteiger partial charge in [0.1, 0.15) is 17.5 Å². The molecule has 0 aromatic carbocycles. The number of aryl methyl sites for hydroxylation is 1. The zero-order valence-electron chi connectivity index (χ0n) is 11.1. The molecule has 0 unspecified atom stereocenters. The summed E-state index contributed by atoms with van der Waals surface area (Å²) in [4.78, 5) is 8.33. The van der Waals surface area contributed by atoms with Crippen LogP contribution in [0.3, 0.4) is 0 Å². The molecule has 1 aromatic rings.